The van der Waals surface area contributed by atoms with E-state index in [1.165, 1.54) is 5.69 Å². The van der Waals surface area contributed by atoms with Crippen molar-refractivity contribution in [2.75, 3.05) is 18.0 Å². The summed E-state index contributed by atoms with van der Waals surface area (Å²) >= 11 is 0. The largest absolute Gasteiger partial charge is 0.372 e. The first-order valence-corrected chi connectivity index (χ1v) is 7.10. The molecule has 0 amide bonds. The lowest BCUT2D eigenvalue weighted by atomic mass is 10.2. The molecule has 0 aliphatic heterocycles. The third-order valence-corrected chi connectivity index (χ3v) is 3.29. The van der Waals surface area contributed by atoms with E-state index in [1.54, 1.807) is 0 Å². The Hall–Kier alpha value is -2.60. The average molecular weight is 277 g/mol. The van der Waals surface area contributed by atoms with E-state index in [2.05, 4.69) is 47.0 Å². The Morgan fingerprint density at radius 3 is 1.76 bits per heavy atom. The van der Waals surface area contributed by atoms with E-state index in [1.807, 2.05) is 36.4 Å². The van der Waals surface area contributed by atoms with Gasteiger partial charge in [0.05, 0.1) is 11.4 Å². The number of hydrogen-bond acceptors (Lipinski definition) is 3. The van der Waals surface area contributed by atoms with E-state index in [9.17, 15) is 0 Å². The smallest absolute Gasteiger partial charge is 0.0858 e. The Labute approximate surface area is 126 Å². The minimum atomic E-state index is 0.793. The van der Waals surface area contributed by atoms with E-state index < -0.39 is 0 Å². The van der Waals surface area contributed by atoms with E-state index in [0.717, 1.165) is 30.0 Å². The molecular formula is C18H19N3. The summed E-state index contributed by atoms with van der Waals surface area (Å²) in [5, 5.41) is 8.45. The van der Waals surface area contributed by atoms with Crippen LogP contribution in [-0.4, -0.2) is 13.1 Å². The molecule has 0 saturated heterocycles. The lowest BCUT2D eigenvalue weighted by Gasteiger charge is -2.20. The SMILES string of the molecule is C#Cc1ccc(N=Nc2ccc(N(CC)CC)cc2)cc1. The molecule has 0 aliphatic carbocycles. The summed E-state index contributed by atoms with van der Waals surface area (Å²) in [5.74, 6) is 2.58. The van der Waals surface area contributed by atoms with Crippen LogP contribution in [0.4, 0.5) is 17.1 Å². The summed E-state index contributed by atoms with van der Waals surface area (Å²) in [6, 6.07) is 15.5. The van der Waals surface area contributed by atoms with Crippen LogP contribution in [0.2, 0.25) is 0 Å². The van der Waals surface area contributed by atoms with Gasteiger partial charge < -0.3 is 4.90 Å². The first kappa shape index (κ1) is 14.8. The molecule has 106 valence electrons. The number of benzene rings is 2. The Bertz CT molecular complexity index is 630. The molecule has 2 aromatic carbocycles. The predicted octanol–water partition coefficient (Wildman–Crippen LogP) is 4.93. The van der Waals surface area contributed by atoms with E-state index in [0.29, 0.717) is 0 Å². The van der Waals surface area contributed by atoms with Gasteiger partial charge in [-0.15, -0.1) is 6.42 Å². The minimum absolute atomic E-state index is 0.793. The van der Waals surface area contributed by atoms with Crippen LogP contribution in [0.1, 0.15) is 19.4 Å². The molecule has 0 fully saturated rings. The van der Waals surface area contributed by atoms with Crippen LogP contribution >= 0.6 is 0 Å². The number of anilines is 1. The zero-order valence-corrected chi connectivity index (χ0v) is 12.5. The topological polar surface area (TPSA) is 28.0 Å². The zero-order chi connectivity index (χ0) is 15.1. The van der Waals surface area contributed by atoms with E-state index in [-0.39, 0.29) is 0 Å². The van der Waals surface area contributed by atoms with Crippen LogP contribution in [0.15, 0.2) is 58.8 Å². The van der Waals surface area contributed by atoms with Gasteiger partial charge in [-0.25, -0.2) is 0 Å². The molecule has 0 heterocycles. The van der Waals surface area contributed by atoms with Crippen molar-refractivity contribution in [1.29, 1.82) is 0 Å². The molecular weight excluding hydrogens is 258 g/mol. The van der Waals surface area contributed by atoms with Crippen LogP contribution in [0.3, 0.4) is 0 Å². The van der Waals surface area contributed by atoms with Crippen LogP contribution in [0.25, 0.3) is 0 Å². The average Bonchev–Trinajstić information content (AvgIpc) is 2.55. The van der Waals surface area contributed by atoms with Crippen molar-refractivity contribution in [1.82, 2.24) is 0 Å². The van der Waals surface area contributed by atoms with Crippen molar-refractivity contribution in [2.45, 2.75) is 13.8 Å². The molecule has 0 aliphatic rings. The molecule has 21 heavy (non-hydrogen) atoms. The Morgan fingerprint density at radius 1 is 0.857 bits per heavy atom. The highest BCUT2D eigenvalue weighted by molar-refractivity contribution is 5.53. The number of nitrogens with zero attached hydrogens (tertiary/aromatic N) is 3. The van der Waals surface area contributed by atoms with Gasteiger partial charge in [-0.05, 0) is 62.4 Å². The van der Waals surface area contributed by atoms with Crippen molar-refractivity contribution < 1.29 is 0 Å². The molecule has 0 unspecified atom stereocenters. The highest BCUT2D eigenvalue weighted by Crippen LogP contribution is 2.22. The van der Waals surface area contributed by atoms with Crippen LogP contribution in [-0.2, 0) is 0 Å². The predicted molar refractivity (Wildman–Crippen MR) is 88.6 cm³/mol. The maximum atomic E-state index is 5.32. The second-order valence-electron chi connectivity index (χ2n) is 4.58. The molecule has 0 spiro atoms. The van der Waals surface area contributed by atoms with Crippen molar-refractivity contribution >= 4 is 17.1 Å². The van der Waals surface area contributed by atoms with Gasteiger partial charge in [-0.3, -0.25) is 0 Å². The molecule has 2 aromatic rings. The summed E-state index contributed by atoms with van der Waals surface area (Å²) in [6.45, 7) is 6.30. The van der Waals surface area contributed by atoms with E-state index in [4.69, 9.17) is 6.42 Å². The van der Waals surface area contributed by atoms with Gasteiger partial charge in [0.25, 0.3) is 0 Å². The molecule has 0 bridgehead atoms. The van der Waals surface area contributed by atoms with Gasteiger partial charge in [0, 0.05) is 24.3 Å². The number of terminal acetylenes is 1. The summed E-state index contributed by atoms with van der Waals surface area (Å²) in [4.78, 5) is 2.29. The van der Waals surface area contributed by atoms with Crippen LogP contribution < -0.4 is 4.90 Å². The van der Waals surface area contributed by atoms with Gasteiger partial charge in [-0.1, -0.05) is 5.92 Å². The number of rotatable bonds is 5. The van der Waals surface area contributed by atoms with Crippen molar-refractivity contribution in [3.8, 4) is 12.3 Å². The van der Waals surface area contributed by atoms with Gasteiger partial charge in [0.15, 0.2) is 0 Å². The molecule has 0 radical (unpaired) electrons. The zero-order valence-electron chi connectivity index (χ0n) is 12.5. The summed E-state index contributed by atoms with van der Waals surface area (Å²) < 4.78 is 0. The van der Waals surface area contributed by atoms with Gasteiger partial charge >= 0.3 is 0 Å². The minimum Gasteiger partial charge on any atom is -0.372 e. The molecule has 3 nitrogen and oxygen atoms in total. The molecule has 0 aromatic heterocycles. The Kier molecular flexibility index (Phi) is 5.11. The summed E-state index contributed by atoms with van der Waals surface area (Å²) in [5.41, 5.74) is 3.68. The van der Waals surface area contributed by atoms with Gasteiger partial charge in [0.2, 0.25) is 0 Å². The van der Waals surface area contributed by atoms with E-state index >= 15 is 0 Å². The fraction of sp³-hybridized carbons (Fsp3) is 0.222. The second-order valence-corrected chi connectivity index (χ2v) is 4.58. The van der Waals surface area contributed by atoms with Crippen molar-refractivity contribution in [3.63, 3.8) is 0 Å². The first-order chi connectivity index (χ1) is 10.3. The quantitative estimate of drug-likeness (QED) is 0.562. The molecule has 2 rings (SSSR count). The standard InChI is InChI=1S/C18H19N3/c1-4-15-7-9-16(10-8-15)19-20-17-11-13-18(14-12-17)21(5-2)6-3/h1,7-14H,5-6H2,2-3H3. The Balaban J connectivity index is 2.08. The monoisotopic (exact) mass is 277 g/mol. The van der Waals surface area contributed by atoms with Gasteiger partial charge in [0.1, 0.15) is 0 Å². The van der Waals surface area contributed by atoms with Gasteiger partial charge in [-0.2, -0.15) is 10.2 Å². The summed E-state index contributed by atoms with van der Waals surface area (Å²) in [6.07, 6.45) is 5.32. The Morgan fingerprint density at radius 2 is 1.33 bits per heavy atom. The molecule has 0 N–H and O–H groups in total. The maximum Gasteiger partial charge on any atom is 0.0858 e. The van der Waals surface area contributed by atoms with Crippen molar-refractivity contribution in [3.05, 3.63) is 54.1 Å². The number of azo groups is 1. The lowest BCUT2D eigenvalue weighted by molar-refractivity contribution is 0.866. The highest BCUT2D eigenvalue weighted by Gasteiger charge is 2.00. The fourth-order valence-electron chi connectivity index (χ4n) is 2.06. The van der Waals surface area contributed by atoms with Crippen molar-refractivity contribution in [2.24, 2.45) is 10.2 Å². The summed E-state index contributed by atoms with van der Waals surface area (Å²) in [7, 11) is 0. The normalized spacial score (nSPS) is 10.5. The molecule has 0 saturated carbocycles. The third kappa shape index (κ3) is 3.93. The number of hydrogen-bond donors (Lipinski definition) is 0. The molecule has 3 heteroatoms. The maximum absolute atomic E-state index is 5.32. The lowest BCUT2D eigenvalue weighted by Crippen LogP contribution is -2.21. The first-order valence-electron chi connectivity index (χ1n) is 7.10. The third-order valence-electron chi connectivity index (χ3n) is 3.29. The highest BCUT2D eigenvalue weighted by atomic mass is 15.1. The fourth-order valence-corrected chi connectivity index (χ4v) is 2.06. The molecule has 0 atom stereocenters. The second kappa shape index (κ2) is 7.25. The van der Waals surface area contributed by atoms with Crippen LogP contribution in [0, 0.1) is 12.3 Å². The van der Waals surface area contributed by atoms with Crippen LogP contribution in [0.5, 0.6) is 0 Å².